The van der Waals surface area contributed by atoms with Gasteiger partial charge in [0, 0.05) is 32.2 Å². The number of benzene rings is 1. The van der Waals surface area contributed by atoms with Gasteiger partial charge >= 0.3 is 0 Å². The molecule has 1 aliphatic heterocycles. The molecule has 1 aromatic carbocycles. The van der Waals surface area contributed by atoms with Crippen LogP contribution in [0, 0.1) is 5.92 Å². The molecule has 1 saturated carbocycles. The van der Waals surface area contributed by atoms with Crippen LogP contribution in [0.4, 0.5) is 0 Å². The third-order valence-corrected chi connectivity index (χ3v) is 5.69. The first-order valence-corrected chi connectivity index (χ1v) is 9.60. The number of hydrogen-bond acceptors (Lipinski definition) is 4. The predicted molar refractivity (Wildman–Crippen MR) is 111 cm³/mol. The van der Waals surface area contributed by atoms with E-state index in [9.17, 15) is 5.11 Å². The zero-order valence-corrected chi connectivity index (χ0v) is 17.9. The number of phenols is 1. The van der Waals surface area contributed by atoms with Gasteiger partial charge in [-0.1, -0.05) is 12.8 Å². The first-order chi connectivity index (χ1) is 11.2. The summed E-state index contributed by atoms with van der Waals surface area (Å²) in [4.78, 5) is 2.61. The molecule has 0 amide bonds. The zero-order valence-electron chi connectivity index (χ0n) is 14.7. The fourth-order valence-electron chi connectivity index (χ4n) is 4.04. The second kappa shape index (κ2) is 10.8. The van der Waals surface area contributed by atoms with E-state index >= 15 is 0 Å². The maximum atomic E-state index is 10.2. The van der Waals surface area contributed by atoms with E-state index in [0.29, 0.717) is 24.3 Å². The Morgan fingerprint density at radius 2 is 1.88 bits per heavy atom. The minimum atomic E-state index is 0. The van der Waals surface area contributed by atoms with Crippen LogP contribution in [0.1, 0.15) is 44.2 Å². The smallest absolute Gasteiger partial charge is 0.172 e. The fraction of sp³-hybridized carbons (Fsp3) is 0.667. The van der Waals surface area contributed by atoms with Gasteiger partial charge in [0.15, 0.2) is 11.5 Å². The quantitative estimate of drug-likeness (QED) is 0.684. The number of aromatic hydroxyl groups is 1. The second-order valence-corrected chi connectivity index (χ2v) is 7.41. The van der Waals surface area contributed by atoms with E-state index in [1.165, 1.54) is 31.2 Å². The molecule has 1 atom stereocenters. The maximum absolute atomic E-state index is 10.2. The largest absolute Gasteiger partial charge is 0.503 e. The van der Waals surface area contributed by atoms with Gasteiger partial charge in [-0.05, 0) is 59.3 Å². The second-order valence-electron chi connectivity index (χ2n) is 6.56. The lowest BCUT2D eigenvalue weighted by atomic mass is 9.89. The molecule has 7 heteroatoms. The van der Waals surface area contributed by atoms with Crippen LogP contribution in [0.5, 0.6) is 11.5 Å². The van der Waals surface area contributed by atoms with Gasteiger partial charge in [-0.25, -0.2) is 0 Å². The summed E-state index contributed by atoms with van der Waals surface area (Å²) >= 11 is 3.51. The summed E-state index contributed by atoms with van der Waals surface area (Å²) in [6.07, 6.45) is 5.28. The SMILES string of the molecule is CCOc1cc([C@H](C2CCCC2)N2CCNCC2)cc(Br)c1O.Cl.Cl. The lowest BCUT2D eigenvalue weighted by Crippen LogP contribution is -2.46. The first-order valence-electron chi connectivity index (χ1n) is 8.80. The summed E-state index contributed by atoms with van der Waals surface area (Å²) in [7, 11) is 0. The Hall–Kier alpha value is -0.200. The molecule has 0 radical (unpaired) electrons. The highest BCUT2D eigenvalue weighted by molar-refractivity contribution is 9.10. The average molecular weight is 456 g/mol. The molecule has 2 aliphatic rings. The number of hydrogen-bond donors (Lipinski definition) is 2. The van der Waals surface area contributed by atoms with Crippen molar-refractivity contribution in [2.45, 2.75) is 38.6 Å². The molecule has 1 aromatic rings. The van der Waals surface area contributed by atoms with Crippen molar-refractivity contribution in [3.8, 4) is 11.5 Å². The van der Waals surface area contributed by atoms with Gasteiger partial charge in [0.1, 0.15) is 0 Å². The van der Waals surface area contributed by atoms with E-state index in [1.807, 2.05) is 6.92 Å². The predicted octanol–water partition coefficient (Wildman–Crippen LogP) is 4.53. The zero-order chi connectivity index (χ0) is 16.2. The highest BCUT2D eigenvalue weighted by Gasteiger charge is 2.32. The number of nitrogens with zero attached hydrogens (tertiary/aromatic N) is 1. The lowest BCUT2D eigenvalue weighted by Gasteiger charge is -2.39. The highest BCUT2D eigenvalue weighted by atomic mass is 79.9. The van der Waals surface area contributed by atoms with Gasteiger partial charge in [-0.3, -0.25) is 4.90 Å². The van der Waals surface area contributed by atoms with Crippen LogP contribution in [-0.2, 0) is 0 Å². The highest BCUT2D eigenvalue weighted by Crippen LogP contribution is 2.44. The van der Waals surface area contributed by atoms with Crippen LogP contribution in [0.15, 0.2) is 16.6 Å². The Morgan fingerprint density at radius 1 is 1.24 bits per heavy atom. The molecule has 0 unspecified atom stereocenters. The van der Waals surface area contributed by atoms with Gasteiger partial charge < -0.3 is 15.2 Å². The van der Waals surface area contributed by atoms with E-state index in [0.717, 1.165) is 30.7 Å². The van der Waals surface area contributed by atoms with Crippen LogP contribution in [0.3, 0.4) is 0 Å². The number of ether oxygens (including phenoxy) is 1. The molecule has 1 saturated heterocycles. The summed E-state index contributed by atoms with van der Waals surface area (Å²) in [5, 5.41) is 13.7. The van der Waals surface area contributed by atoms with E-state index < -0.39 is 0 Å². The van der Waals surface area contributed by atoms with Crippen LogP contribution >= 0.6 is 40.7 Å². The molecule has 4 nitrogen and oxygen atoms in total. The van der Waals surface area contributed by atoms with Crippen molar-refractivity contribution in [1.29, 1.82) is 0 Å². The number of phenolic OH excluding ortho intramolecular Hbond substituents is 1. The molecule has 0 bridgehead atoms. The third kappa shape index (κ3) is 5.39. The molecule has 1 aliphatic carbocycles. The molecule has 3 rings (SSSR count). The van der Waals surface area contributed by atoms with E-state index in [4.69, 9.17) is 4.74 Å². The van der Waals surface area contributed by atoms with Crippen molar-refractivity contribution < 1.29 is 9.84 Å². The van der Waals surface area contributed by atoms with Crippen molar-refractivity contribution in [3.05, 3.63) is 22.2 Å². The van der Waals surface area contributed by atoms with Gasteiger partial charge in [-0.2, -0.15) is 0 Å². The van der Waals surface area contributed by atoms with Crippen LogP contribution < -0.4 is 10.1 Å². The molecule has 1 heterocycles. The topological polar surface area (TPSA) is 44.7 Å². The van der Waals surface area contributed by atoms with E-state index in [-0.39, 0.29) is 30.6 Å². The molecule has 144 valence electrons. The van der Waals surface area contributed by atoms with Crippen LogP contribution in [0.25, 0.3) is 0 Å². The molecule has 25 heavy (non-hydrogen) atoms. The van der Waals surface area contributed by atoms with Crippen molar-refractivity contribution in [3.63, 3.8) is 0 Å². The maximum Gasteiger partial charge on any atom is 0.172 e. The van der Waals surface area contributed by atoms with E-state index in [1.54, 1.807) is 0 Å². The first kappa shape index (κ1) is 22.8. The Kier molecular flexibility index (Phi) is 9.89. The molecule has 2 N–H and O–H groups in total. The molecule has 0 spiro atoms. The lowest BCUT2D eigenvalue weighted by molar-refractivity contribution is 0.125. The Balaban J connectivity index is 0.00000156. The summed E-state index contributed by atoms with van der Waals surface area (Å²) in [5.74, 6) is 1.51. The number of nitrogens with one attached hydrogen (secondary N) is 1. The van der Waals surface area contributed by atoms with Crippen molar-refractivity contribution >= 4 is 40.7 Å². The minimum absolute atomic E-state index is 0. The van der Waals surface area contributed by atoms with Gasteiger partial charge in [0.05, 0.1) is 11.1 Å². The summed E-state index contributed by atoms with van der Waals surface area (Å²) < 4.78 is 6.38. The molecular weight excluding hydrogens is 427 g/mol. The van der Waals surface area contributed by atoms with Gasteiger partial charge in [-0.15, -0.1) is 24.8 Å². The summed E-state index contributed by atoms with van der Waals surface area (Å²) in [6, 6.07) is 4.56. The minimum Gasteiger partial charge on any atom is -0.503 e. The molecule has 0 aromatic heterocycles. The normalized spacial score (nSPS) is 19.8. The van der Waals surface area contributed by atoms with Crippen molar-refractivity contribution in [2.75, 3.05) is 32.8 Å². The Labute approximate surface area is 171 Å². The number of halogens is 3. The third-order valence-electron chi connectivity index (χ3n) is 5.08. The summed E-state index contributed by atoms with van der Waals surface area (Å²) in [6.45, 7) is 6.80. The number of piperazine rings is 1. The summed E-state index contributed by atoms with van der Waals surface area (Å²) in [5.41, 5.74) is 1.27. The van der Waals surface area contributed by atoms with Crippen molar-refractivity contribution in [2.24, 2.45) is 5.92 Å². The van der Waals surface area contributed by atoms with Crippen LogP contribution in [-0.4, -0.2) is 42.8 Å². The van der Waals surface area contributed by atoms with Crippen molar-refractivity contribution in [1.82, 2.24) is 10.2 Å². The fourth-order valence-corrected chi connectivity index (χ4v) is 4.50. The standard InChI is InChI=1S/C18H27BrN2O2.2ClH/c1-2-23-16-12-14(11-15(19)18(16)22)17(13-5-3-4-6-13)21-9-7-20-8-10-21;;/h11-13,17,20,22H,2-10H2,1H3;2*1H/t17-;;/m0../s1. The number of rotatable bonds is 5. The van der Waals surface area contributed by atoms with Crippen LogP contribution in [0.2, 0.25) is 0 Å². The molecule has 2 fully saturated rings. The molecular formula is C18H29BrCl2N2O2. The Bertz CT molecular complexity index is 536. The van der Waals surface area contributed by atoms with Gasteiger partial charge in [0.2, 0.25) is 0 Å². The average Bonchev–Trinajstić information content (AvgIpc) is 3.08. The van der Waals surface area contributed by atoms with E-state index in [2.05, 4.69) is 38.3 Å². The monoisotopic (exact) mass is 454 g/mol. The Morgan fingerprint density at radius 3 is 2.48 bits per heavy atom. The van der Waals surface area contributed by atoms with Gasteiger partial charge in [0.25, 0.3) is 0 Å².